The first-order valence-corrected chi connectivity index (χ1v) is 6.75. The monoisotopic (exact) mass is 276 g/mol. The van der Waals surface area contributed by atoms with Crippen molar-refractivity contribution in [1.82, 2.24) is 0 Å². The summed E-state index contributed by atoms with van der Waals surface area (Å²) >= 11 is 0. The van der Waals surface area contributed by atoms with E-state index in [-0.39, 0.29) is 5.56 Å². The molecule has 6 nitrogen and oxygen atoms in total. The SMILES string of the molecule is COc1cccc([C@H](O)P(=O)(OC)OC)c1OC. The second-order valence-corrected chi connectivity index (χ2v) is 5.66. The Labute approximate surface area is 106 Å². The largest absolute Gasteiger partial charge is 0.493 e. The van der Waals surface area contributed by atoms with Gasteiger partial charge in [0.1, 0.15) is 0 Å². The summed E-state index contributed by atoms with van der Waals surface area (Å²) in [6, 6.07) is 4.88. The summed E-state index contributed by atoms with van der Waals surface area (Å²) in [5.74, 6) is -0.729. The summed E-state index contributed by atoms with van der Waals surface area (Å²) in [5.41, 5.74) is 0.281. The average Bonchev–Trinajstić information content (AvgIpc) is 2.44. The lowest BCUT2D eigenvalue weighted by molar-refractivity contribution is 0.172. The van der Waals surface area contributed by atoms with Crippen LogP contribution in [-0.2, 0) is 13.6 Å². The minimum atomic E-state index is -3.64. The molecule has 0 heterocycles. The Balaban J connectivity index is 3.28. The number of methoxy groups -OCH3 is 2. The lowest BCUT2D eigenvalue weighted by atomic mass is 10.2. The number of aliphatic hydroxyl groups is 1. The van der Waals surface area contributed by atoms with Crippen molar-refractivity contribution in [1.29, 1.82) is 0 Å². The molecule has 102 valence electrons. The molecule has 0 aromatic heterocycles. The van der Waals surface area contributed by atoms with Crippen LogP contribution in [0.2, 0.25) is 0 Å². The van der Waals surface area contributed by atoms with Crippen LogP contribution in [0.25, 0.3) is 0 Å². The van der Waals surface area contributed by atoms with Crippen molar-refractivity contribution in [2.45, 2.75) is 5.85 Å². The Morgan fingerprint density at radius 1 is 1.11 bits per heavy atom. The van der Waals surface area contributed by atoms with Gasteiger partial charge < -0.3 is 23.6 Å². The van der Waals surface area contributed by atoms with Crippen molar-refractivity contribution in [3.63, 3.8) is 0 Å². The van der Waals surface area contributed by atoms with Crippen LogP contribution >= 0.6 is 7.60 Å². The molecular formula is C11H17O6P. The molecule has 0 aliphatic heterocycles. The number of hydrogen-bond acceptors (Lipinski definition) is 6. The first-order chi connectivity index (χ1) is 8.53. The minimum absolute atomic E-state index is 0.281. The topological polar surface area (TPSA) is 74.2 Å². The van der Waals surface area contributed by atoms with E-state index < -0.39 is 13.4 Å². The number of benzene rings is 1. The van der Waals surface area contributed by atoms with Gasteiger partial charge in [0.2, 0.25) is 0 Å². The molecule has 1 aromatic carbocycles. The quantitative estimate of drug-likeness (QED) is 0.803. The van der Waals surface area contributed by atoms with E-state index in [2.05, 4.69) is 0 Å². The van der Waals surface area contributed by atoms with Gasteiger partial charge in [0.25, 0.3) is 0 Å². The number of para-hydroxylation sites is 1. The molecule has 0 fully saturated rings. The van der Waals surface area contributed by atoms with Gasteiger partial charge in [-0.15, -0.1) is 0 Å². The first-order valence-electron chi connectivity index (χ1n) is 5.14. The van der Waals surface area contributed by atoms with Gasteiger partial charge in [-0.05, 0) is 6.07 Å². The van der Waals surface area contributed by atoms with Gasteiger partial charge in [-0.3, -0.25) is 4.57 Å². The predicted octanol–water partition coefficient (Wildman–Crippen LogP) is 2.18. The molecule has 0 aliphatic rings. The summed E-state index contributed by atoms with van der Waals surface area (Å²) in [6.45, 7) is 0. The smallest absolute Gasteiger partial charge is 0.363 e. The van der Waals surface area contributed by atoms with Crippen LogP contribution in [0, 0.1) is 0 Å². The molecule has 0 radical (unpaired) electrons. The highest BCUT2D eigenvalue weighted by Crippen LogP contribution is 2.60. The minimum Gasteiger partial charge on any atom is -0.493 e. The van der Waals surface area contributed by atoms with Crippen LogP contribution in [-0.4, -0.2) is 33.5 Å². The fourth-order valence-electron chi connectivity index (χ4n) is 1.56. The van der Waals surface area contributed by atoms with Crippen molar-refractivity contribution >= 4 is 7.60 Å². The lowest BCUT2D eigenvalue weighted by Gasteiger charge is -2.22. The highest BCUT2D eigenvalue weighted by Gasteiger charge is 2.36. The molecule has 0 saturated heterocycles. The van der Waals surface area contributed by atoms with Gasteiger partial charge >= 0.3 is 7.60 Å². The van der Waals surface area contributed by atoms with Crippen LogP contribution in [0.3, 0.4) is 0 Å². The van der Waals surface area contributed by atoms with Crippen molar-refractivity contribution in [3.05, 3.63) is 23.8 Å². The fraction of sp³-hybridized carbons (Fsp3) is 0.455. The van der Waals surface area contributed by atoms with E-state index in [1.807, 2.05) is 0 Å². The fourth-order valence-corrected chi connectivity index (χ4v) is 2.65. The van der Waals surface area contributed by atoms with Gasteiger partial charge in [0, 0.05) is 19.8 Å². The molecule has 0 bridgehead atoms. The molecule has 1 N–H and O–H groups in total. The van der Waals surface area contributed by atoms with Gasteiger partial charge in [-0.1, -0.05) is 12.1 Å². The Morgan fingerprint density at radius 3 is 2.17 bits per heavy atom. The summed E-state index contributed by atoms with van der Waals surface area (Å²) in [5, 5.41) is 10.1. The number of hydrogen-bond donors (Lipinski definition) is 1. The van der Waals surface area contributed by atoms with E-state index in [4.69, 9.17) is 18.5 Å². The zero-order valence-electron chi connectivity index (χ0n) is 10.7. The molecule has 0 unspecified atom stereocenters. The Bertz CT molecular complexity index is 439. The van der Waals surface area contributed by atoms with E-state index in [0.29, 0.717) is 11.5 Å². The average molecular weight is 276 g/mol. The predicted molar refractivity (Wildman–Crippen MR) is 66.1 cm³/mol. The van der Waals surface area contributed by atoms with Crippen molar-refractivity contribution in [2.75, 3.05) is 28.4 Å². The zero-order chi connectivity index (χ0) is 13.8. The van der Waals surface area contributed by atoms with Crippen LogP contribution in [0.15, 0.2) is 18.2 Å². The summed E-state index contributed by atoms with van der Waals surface area (Å²) in [6.07, 6.45) is 0. The molecule has 0 aliphatic carbocycles. The Morgan fingerprint density at radius 2 is 1.72 bits per heavy atom. The van der Waals surface area contributed by atoms with E-state index in [1.165, 1.54) is 28.4 Å². The van der Waals surface area contributed by atoms with Crippen LogP contribution < -0.4 is 9.47 Å². The van der Waals surface area contributed by atoms with E-state index in [1.54, 1.807) is 18.2 Å². The number of aliphatic hydroxyl groups excluding tert-OH is 1. The third kappa shape index (κ3) is 2.67. The molecule has 0 saturated carbocycles. The summed E-state index contributed by atoms with van der Waals surface area (Å²) in [7, 11) is 1.67. The molecule has 1 atom stereocenters. The molecule has 0 amide bonds. The second-order valence-electron chi connectivity index (χ2n) is 3.36. The van der Waals surface area contributed by atoms with E-state index >= 15 is 0 Å². The molecule has 0 spiro atoms. The normalized spacial score (nSPS) is 13.2. The summed E-state index contributed by atoms with van der Waals surface area (Å²) in [4.78, 5) is 0. The van der Waals surface area contributed by atoms with Gasteiger partial charge in [0.05, 0.1) is 14.2 Å². The van der Waals surface area contributed by atoms with Crippen LogP contribution in [0.4, 0.5) is 0 Å². The molecular weight excluding hydrogens is 259 g/mol. The van der Waals surface area contributed by atoms with Crippen molar-refractivity contribution < 1.29 is 28.2 Å². The van der Waals surface area contributed by atoms with E-state index in [0.717, 1.165) is 0 Å². The zero-order valence-corrected chi connectivity index (χ0v) is 11.6. The van der Waals surface area contributed by atoms with Gasteiger partial charge in [0.15, 0.2) is 17.3 Å². The van der Waals surface area contributed by atoms with Gasteiger partial charge in [-0.25, -0.2) is 0 Å². The first kappa shape index (κ1) is 15.0. The van der Waals surface area contributed by atoms with E-state index in [9.17, 15) is 9.67 Å². The van der Waals surface area contributed by atoms with Crippen LogP contribution in [0.1, 0.15) is 11.4 Å². The Hall–Kier alpha value is -1.07. The molecule has 1 rings (SSSR count). The van der Waals surface area contributed by atoms with Crippen molar-refractivity contribution in [2.24, 2.45) is 0 Å². The second kappa shape index (κ2) is 6.20. The maximum Gasteiger partial charge on any atom is 0.363 e. The number of rotatable bonds is 6. The lowest BCUT2D eigenvalue weighted by Crippen LogP contribution is -2.05. The summed E-state index contributed by atoms with van der Waals surface area (Å²) < 4.78 is 31.9. The van der Waals surface area contributed by atoms with Crippen LogP contribution in [0.5, 0.6) is 11.5 Å². The third-order valence-corrected chi connectivity index (χ3v) is 4.42. The molecule has 18 heavy (non-hydrogen) atoms. The third-order valence-electron chi connectivity index (χ3n) is 2.52. The highest BCUT2D eigenvalue weighted by atomic mass is 31.2. The highest BCUT2D eigenvalue weighted by molar-refractivity contribution is 7.54. The maximum atomic E-state index is 12.1. The Kier molecular flexibility index (Phi) is 5.16. The maximum absolute atomic E-state index is 12.1. The molecule has 7 heteroatoms. The molecule has 1 aromatic rings. The number of ether oxygens (including phenoxy) is 2. The van der Waals surface area contributed by atoms with Gasteiger partial charge in [-0.2, -0.15) is 0 Å². The van der Waals surface area contributed by atoms with Crippen molar-refractivity contribution in [3.8, 4) is 11.5 Å². The standard InChI is InChI=1S/C11H17O6P/c1-14-9-7-5-6-8(10(9)15-2)11(12)18(13,16-3)17-4/h5-7,11-12H,1-4H3/t11-/m1/s1.